The number of aromatic hydroxyl groups is 1. The highest BCUT2D eigenvalue weighted by atomic mass is 16.5. The largest absolute Gasteiger partial charge is 0.504 e. The molecule has 0 aliphatic rings. The van der Waals surface area contributed by atoms with Gasteiger partial charge in [0.15, 0.2) is 17.3 Å². The van der Waals surface area contributed by atoms with Gasteiger partial charge in [0.05, 0.1) is 27.9 Å². The molecule has 0 bridgehead atoms. The second-order valence-corrected chi connectivity index (χ2v) is 5.78. The van der Waals surface area contributed by atoms with Crippen molar-refractivity contribution in [3.63, 3.8) is 0 Å². The number of rotatable bonds is 9. The molecule has 0 aliphatic heterocycles. The molecule has 0 spiro atoms. The van der Waals surface area contributed by atoms with E-state index in [-0.39, 0.29) is 36.2 Å². The summed E-state index contributed by atoms with van der Waals surface area (Å²) in [7, 11) is 4.46. The summed E-state index contributed by atoms with van der Waals surface area (Å²) in [4.78, 5) is 24.1. The van der Waals surface area contributed by atoms with Gasteiger partial charge in [-0.1, -0.05) is 0 Å². The monoisotopic (exact) mass is 373 g/mol. The summed E-state index contributed by atoms with van der Waals surface area (Å²) in [5, 5.41) is 12.6. The molecule has 27 heavy (non-hydrogen) atoms. The number of ether oxygens (including phenoxy) is 3. The molecule has 0 unspecified atom stereocenters. The molecule has 0 saturated heterocycles. The lowest BCUT2D eigenvalue weighted by Crippen LogP contribution is -2.29. The molecule has 2 aromatic carbocycles. The normalized spacial score (nSPS) is 10.2. The van der Waals surface area contributed by atoms with Crippen molar-refractivity contribution >= 4 is 11.7 Å². The van der Waals surface area contributed by atoms with Gasteiger partial charge < -0.3 is 24.6 Å². The number of phenolic OH excluding ortho intramolecular Hbond substituents is 1. The molecule has 2 aromatic rings. The van der Waals surface area contributed by atoms with Gasteiger partial charge in [-0.05, 0) is 48.4 Å². The SMILES string of the molecule is COc1ccc(C(=O)CNC(=O)CCc2cc(O)c(OC)c(OC)c2)cc1. The smallest absolute Gasteiger partial charge is 0.220 e. The first-order chi connectivity index (χ1) is 13.0. The average Bonchev–Trinajstić information content (AvgIpc) is 2.69. The van der Waals surface area contributed by atoms with E-state index >= 15 is 0 Å². The van der Waals surface area contributed by atoms with Gasteiger partial charge in [0.2, 0.25) is 11.7 Å². The topological polar surface area (TPSA) is 94.1 Å². The molecule has 2 rings (SSSR count). The molecule has 2 N–H and O–H groups in total. The fourth-order valence-corrected chi connectivity index (χ4v) is 2.55. The third kappa shape index (κ3) is 5.37. The number of methoxy groups -OCH3 is 3. The lowest BCUT2D eigenvalue weighted by Gasteiger charge is -2.11. The summed E-state index contributed by atoms with van der Waals surface area (Å²) in [5.74, 6) is 0.801. The molecule has 7 nitrogen and oxygen atoms in total. The summed E-state index contributed by atoms with van der Waals surface area (Å²) in [6, 6.07) is 9.92. The highest BCUT2D eigenvalue weighted by Crippen LogP contribution is 2.37. The Labute approximate surface area is 157 Å². The van der Waals surface area contributed by atoms with E-state index in [1.165, 1.54) is 20.3 Å². The number of carbonyl (C=O) groups is 2. The van der Waals surface area contributed by atoms with E-state index in [9.17, 15) is 14.7 Å². The number of phenols is 1. The van der Waals surface area contributed by atoms with Gasteiger partial charge in [0.25, 0.3) is 0 Å². The number of nitrogens with one attached hydrogen (secondary N) is 1. The van der Waals surface area contributed by atoms with Crippen LogP contribution in [-0.4, -0.2) is 44.7 Å². The van der Waals surface area contributed by atoms with E-state index in [0.717, 1.165) is 5.56 Å². The predicted octanol–water partition coefficient (Wildman–Crippen LogP) is 2.35. The number of ketones is 1. The molecule has 1 amide bonds. The first kappa shape index (κ1) is 20.1. The standard InChI is InChI=1S/C20H23NO6/c1-25-15-7-5-14(6-8-15)17(23)12-21-19(24)9-4-13-10-16(22)20(27-3)18(11-13)26-2/h5-8,10-11,22H,4,9,12H2,1-3H3,(H,21,24). The maximum atomic E-state index is 12.1. The first-order valence-corrected chi connectivity index (χ1v) is 8.36. The third-order valence-electron chi connectivity index (χ3n) is 4.02. The highest BCUT2D eigenvalue weighted by Gasteiger charge is 2.13. The van der Waals surface area contributed by atoms with E-state index in [2.05, 4.69) is 5.32 Å². The highest BCUT2D eigenvalue weighted by molar-refractivity contribution is 5.99. The Morgan fingerprint density at radius 3 is 2.30 bits per heavy atom. The quantitative estimate of drug-likeness (QED) is 0.656. The van der Waals surface area contributed by atoms with Gasteiger partial charge >= 0.3 is 0 Å². The lowest BCUT2D eigenvalue weighted by atomic mass is 10.1. The van der Waals surface area contributed by atoms with Crippen molar-refractivity contribution in [3.8, 4) is 23.0 Å². The number of hydrogen-bond donors (Lipinski definition) is 2. The third-order valence-corrected chi connectivity index (χ3v) is 4.02. The van der Waals surface area contributed by atoms with Crippen LogP contribution in [0.3, 0.4) is 0 Å². The van der Waals surface area contributed by atoms with Crippen LogP contribution in [0.1, 0.15) is 22.3 Å². The van der Waals surface area contributed by atoms with Gasteiger partial charge in [-0.15, -0.1) is 0 Å². The maximum absolute atomic E-state index is 12.1. The van der Waals surface area contributed by atoms with Crippen LogP contribution < -0.4 is 19.5 Å². The van der Waals surface area contributed by atoms with E-state index in [1.807, 2.05) is 0 Å². The number of aryl methyl sites for hydroxylation is 1. The average molecular weight is 373 g/mol. The fourth-order valence-electron chi connectivity index (χ4n) is 2.55. The van der Waals surface area contributed by atoms with Crippen LogP contribution in [0.15, 0.2) is 36.4 Å². The number of hydrogen-bond acceptors (Lipinski definition) is 6. The Morgan fingerprint density at radius 2 is 1.70 bits per heavy atom. The van der Waals surface area contributed by atoms with Crippen molar-refractivity contribution in [1.29, 1.82) is 0 Å². The van der Waals surface area contributed by atoms with Crippen molar-refractivity contribution in [2.45, 2.75) is 12.8 Å². The molecular weight excluding hydrogens is 350 g/mol. The maximum Gasteiger partial charge on any atom is 0.220 e. The van der Waals surface area contributed by atoms with Gasteiger partial charge in [-0.25, -0.2) is 0 Å². The second kappa shape index (κ2) is 9.47. The van der Waals surface area contributed by atoms with Crippen molar-refractivity contribution in [1.82, 2.24) is 5.32 Å². The summed E-state index contributed by atoms with van der Waals surface area (Å²) < 4.78 is 15.3. The van der Waals surface area contributed by atoms with Gasteiger partial charge in [0.1, 0.15) is 5.75 Å². The van der Waals surface area contributed by atoms with E-state index in [0.29, 0.717) is 23.5 Å². The molecule has 144 valence electrons. The van der Waals surface area contributed by atoms with Crippen molar-refractivity contribution < 1.29 is 28.9 Å². The van der Waals surface area contributed by atoms with Crippen molar-refractivity contribution in [2.75, 3.05) is 27.9 Å². The predicted molar refractivity (Wildman–Crippen MR) is 99.9 cm³/mol. The number of carbonyl (C=O) groups excluding carboxylic acids is 2. The molecule has 0 saturated carbocycles. The van der Waals surface area contributed by atoms with Gasteiger partial charge in [-0.2, -0.15) is 0 Å². The van der Waals surface area contributed by atoms with Crippen LogP contribution in [0.5, 0.6) is 23.0 Å². The molecule has 0 aliphatic carbocycles. The molecule has 0 atom stereocenters. The van der Waals surface area contributed by atoms with Crippen molar-refractivity contribution in [2.24, 2.45) is 0 Å². The lowest BCUT2D eigenvalue weighted by molar-refractivity contribution is -0.120. The van der Waals surface area contributed by atoms with Crippen molar-refractivity contribution in [3.05, 3.63) is 47.5 Å². The number of amides is 1. The molecule has 7 heteroatoms. The number of benzene rings is 2. The van der Waals surface area contributed by atoms with Crippen LogP contribution in [0.2, 0.25) is 0 Å². The number of Topliss-reactive ketones (excluding diaryl/α,β-unsaturated/α-hetero) is 1. The zero-order chi connectivity index (χ0) is 19.8. The van der Waals surface area contributed by atoms with Crippen LogP contribution >= 0.6 is 0 Å². The zero-order valence-electron chi connectivity index (χ0n) is 15.6. The molecular formula is C20H23NO6. The van der Waals surface area contributed by atoms with Gasteiger partial charge in [-0.3, -0.25) is 9.59 Å². The summed E-state index contributed by atoms with van der Waals surface area (Å²) in [5.41, 5.74) is 1.22. The van der Waals surface area contributed by atoms with E-state index < -0.39 is 0 Å². The Balaban J connectivity index is 1.87. The van der Waals surface area contributed by atoms with Crippen LogP contribution in [-0.2, 0) is 11.2 Å². The fraction of sp³-hybridized carbons (Fsp3) is 0.300. The Kier molecular flexibility index (Phi) is 7.05. The van der Waals surface area contributed by atoms with Crippen LogP contribution in [0, 0.1) is 0 Å². The first-order valence-electron chi connectivity index (χ1n) is 8.36. The van der Waals surface area contributed by atoms with E-state index in [4.69, 9.17) is 14.2 Å². The molecule has 0 radical (unpaired) electrons. The summed E-state index contributed by atoms with van der Waals surface area (Å²) >= 11 is 0. The summed E-state index contributed by atoms with van der Waals surface area (Å²) in [6.45, 7) is -0.0810. The molecule has 0 heterocycles. The Hall–Kier alpha value is -3.22. The summed E-state index contributed by atoms with van der Waals surface area (Å²) in [6.07, 6.45) is 0.557. The van der Waals surface area contributed by atoms with Gasteiger partial charge in [0, 0.05) is 12.0 Å². The van der Waals surface area contributed by atoms with E-state index in [1.54, 1.807) is 37.4 Å². The zero-order valence-corrected chi connectivity index (χ0v) is 15.6. The minimum absolute atomic E-state index is 0.0538. The Morgan fingerprint density at radius 1 is 1.00 bits per heavy atom. The van der Waals surface area contributed by atoms with Crippen LogP contribution in [0.25, 0.3) is 0 Å². The molecule has 0 fully saturated rings. The second-order valence-electron chi connectivity index (χ2n) is 5.78. The van der Waals surface area contributed by atoms with Crippen LogP contribution in [0.4, 0.5) is 0 Å². The molecule has 0 aromatic heterocycles. The Bertz CT molecular complexity index is 801. The minimum atomic E-state index is -0.258. The minimum Gasteiger partial charge on any atom is -0.504 e.